The molecule has 1 saturated heterocycles. The number of piperidine rings is 1. The Morgan fingerprint density at radius 3 is 2.53 bits per heavy atom. The van der Waals surface area contributed by atoms with Crippen LogP contribution in [0.1, 0.15) is 45.4 Å². The Bertz CT molecular complexity index is 274. The molecule has 0 bridgehead atoms. The molecule has 3 nitrogen and oxygen atoms in total. The van der Waals surface area contributed by atoms with Gasteiger partial charge in [-0.05, 0) is 19.3 Å². The van der Waals surface area contributed by atoms with Crippen LogP contribution in [0.3, 0.4) is 0 Å². The highest BCUT2D eigenvalue weighted by molar-refractivity contribution is 5.81. The van der Waals surface area contributed by atoms with Crippen LogP contribution in [0.4, 0.5) is 13.2 Å². The van der Waals surface area contributed by atoms with Gasteiger partial charge in [-0.15, -0.1) is 0 Å². The van der Waals surface area contributed by atoms with E-state index in [4.69, 9.17) is 0 Å². The van der Waals surface area contributed by atoms with E-state index in [9.17, 15) is 18.0 Å². The SMILES string of the molecule is CCCCCCNC(=O)C1CCC(C(F)(F)F)CN1. The molecule has 6 heteroatoms. The molecule has 0 aromatic carbocycles. The lowest BCUT2D eigenvalue weighted by Gasteiger charge is -2.30. The maximum absolute atomic E-state index is 12.4. The summed E-state index contributed by atoms with van der Waals surface area (Å²) < 4.78 is 37.3. The molecule has 2 atom stereocenters. The number of hydrogen-bond donors (Lipinski definition) is 2. The highest BCUT2D eigenvalue weighted by Crippen LogP contribution is 2.31. The third kappa shape index (κ3) is 5.80. The van der Waals surface area contributed by atoms with Gasteiger partial charge in [0.05, 0.1) is 12.0 Å². The third-order valence-corrected chi connectivity index (χ3v) is 3.52. The van der Waals surface area contributed by atoms with Crippen LogP contribution in [0.2, 0.25) is 0 Å². The van der Waals surface area contributed by atoms with Gasteiger partial charge in [-0.1, -0.05) is 26.2 Å². The first-order valence-corrected chi connectivity index (χ1v) is 7.03. The lowest BCUT2D eigenvalue weighted by Crippen LogP contribution is -2.51. The van der Waals surface area contributed by atoms with Crippen molar-refractivity contribution in [2.24, 2.45) is 5.92 Å². The van der Waals surface area contributed by atoms with Crippen LogP contribution in [-0.4, -0.2) is 31.2 Å². The summed E-state index contributed by atoms with van der Waals surface area (Å²) in [4.78, 5) is 11.7. The second kappa shape index (κ2) is 7.72. The summed E-state index contributed by atoms with van der Waals surface area (Å²) in [6.45, 7) is 2.57. The molecule has 0 aliphatic carbocycles. The van der Waals surface area contributed by atoms with Crippen molar-refractivity contribution in [3.8, 4) is 0 Å². The lowest BCUT2D eigenvalue weighted by atomic mass is 9.94. The first-order valence-electron chi connectivity index (χ1n) is 7.03. The number of nitrogens with one attached hydrogen (secondary N) is 2. The van der Waals surface area contributed by atoms with Crippen LogP contribution >= 0.6 is 0 Å². The highest BCUT2D eigenvalue weighted by atomic mass is 19.4. The van der Waals surface area contributed by atoms with Crippen molar-refractivity contribution in [2.75, 3.05) is 13.1 Å². The zero-order valence-electron chi connectivity index (χ0n) is 11.4. The first kappa shape index (κ1) is 16.3. The summed E-state index contributed by atoms with van der Waals surface area (Å²) in [5.41, 5.74) is 0. The molecule has 1 amide bonds. The summed E-state index contributed by atoms with van der Waals surface area (Å²) in [6.07, 6.45) is 0.411. The van der Waals surface area contributed by atoms with Crippen molar-refractivity contribution in [2.45, 2.75) is 57.7 Å². The molecule has 1 aliphatic heterocycles. The second-order valence-electron chi connectivity index (χ2n) is 5.13. The first-order chi connectivity index (χ1) is 8.95. The molecule has 2 N–H and O–H groups in total. The Morgan fingerprint density at radius 2 is 2.00 bits per heavy atom. The minimum absolute atomic E-state index is 0.0322. The van der Waals surface area contributed by atoms with Crippen LogP contribution in [0.15, 0.2) is 0 Å². The fourth-order valence-corrected chi connectivity index (χ4v) is 2.25. The number of rotatable bonds is 6. The Labute approximate surface area is 112 Å². The van der Waals surface area contributed by atoms with Crippen molar-refractivity contribution in [3.05, 3.63) is 0 Å². The number of carbonyl (C=O) groups excluding carboxylic acids is 1. The lowest BCUT2D eigenvalue weighted by molar-refractivity contribution is -0.180. The van der Waals surface area contributed by atoms with Crippen molar-refractivity contribution in [3.63, 3.8) is 0 Å². The van der Waals surface area contributed by atoms with Gasteiger partial charge in [0.2, 0.25) is 5.91 Å². The minimum atomic E-state index is -4.16. The summed E-state index contributed by atoms with van der Waals surface area (Å²) in [5.74, 6) is -1.49. The number of carbonyl (C=O) groups is 1. The van der Waals surface area contributed by atoms with Crippen LogP contribution in [0.5, 0.6) is 0 Å². The van der Waals surface area contributed by atoms with Crippen molar-refractivity contribution >= 4 is 5.91 Å². The number of unbranched alkanes of at least 4 members (excludes halogenated alkanes) is 3. The molecule has 0 saturated carbocycles. The predicted octanol–water partition coefficient (Wildman–Crippen LogP) is 2.61. The average Bonchev–Trinajstić information content (AvgIpc) is 2.37. The van der Waals surface area contributed by atoms with Crippen LogP contribution < -0.4 is 10.6 Å². The van der Waals surface area contributed by atoms with E-state index in [0.29, 0.717) is 6.54 Å². The predicted molar refractivity (Wildman–Crippen MR) is 67.7 cm³/mol. The number of halogens is 3. The topological polar surface area (TPSA) is 41.1 Å². The molecule has 0 aromatic heterocycles. The smallest absolute Gasteiger partial charge is 0.355 e. The Kier molecular flexibility index (Phi) is 6.62. The number of amides is 1. The molecule has 1 fully saturated rings. The van der Waals surface area contributed by atoms with Crippen molar-refractivity contribution < 1.29 is 18.0 Å². The van der Waals surface area contributed by atoms with Gasteiger partial charge in [-0.2, -0.15) is 13.2 Å². The van der Waals surface area contributed by atoms with Crippen LogP contribution in [-0.2, 0) is 4.79 Å². The Hall–Kier alpha value is -0.780. The van der Waals surface area contributed by atoms with E-state index in [2.05, 4.69) is 17.6 Å². The van der Waals surface area contributed by atoms with Gasteiger partial charge in [-0.3, -0.25) is 4.79 Å². The second-order valence-corrected chi connectivity index (χ2v) is 5.13. The monoisotopic (exact) mass is 280 g/mol. The summed E-state index contributed by atoms with van der Waals surface area (Å²) >= 11 is 0. The van der Waals surface area contributed by atoms with E-state index in [1.807, 2.05) is 0 Å². The average molecular weight is 280 g/mol. The molecule has 1 aliphatic rings. The van der Waals surface area contributed by atoms with Gasteiger partial charge in [0, 0.05) is 13.1 Å². The van der Waals surface area contributed by atoms with E-state index < -0.39 is 18.1 Å². The van der Waals surface area contributed by atoms with Gasteiger partial charge in [0.1, 0.15) is 0 Å². The Balaban J connectivity index is 2.18. The minimum Gasteiger partial charge on any atom is -0.355 e. The van der Waals surface area contributed by atoms with Gasteiger partial charge < -0.3 is 10.6 Å². The molecule has 2 unspecified atom stereocenters. The third-order valence-electron chi connectivity index (χ3n) is 3.52. The van der Waals surface area contributed by atoms with Gasteiger partial charge >= 0.3 is 6.18 Å². The van der Waals surface area contributed by atoms with Crippen LogP contribution in [0, 0.1) is 5.92 Å². The van der Waals surface area contributed by atoms with E-state index in [1.165, 1.54) is 0 Å². The summed E-state index contributed by atoms with van der Waals surface area (Å²) in [7, 11) is 0. The van der Waals surface area contributed by atoms with Crippen molar-refractivity contribution in [1.82, 2.24) is 10.6 Å². The van der Waals surface area contributed by atoms with Gasteiger partial charge in [0.15, 0.2) is 0 Å². The zero-order chi connectivity index (χ0) is 14.3. The zero-order valence-corrected chi connectivity index (χ0v) is 11.4. The van der Waals surface area contributed by atoms with E-state index in [0.717, 1.165) is 25.7 Å². The fourth-order valence-electron chi connectivity index (χ4n) is 2.25. The molecule has 1 heterocycles. The molecular formula is C13H23F3N2O. The summed E-state index contributed by atoms with van der Waals surface area (Å²) in [6, 6.07) is -0.468. The number of hydrogen-bond acceptors (Lipinski definition) is 2. The highest BCUT2D eigenvalue weighted by Gasteiger charge is 2.42. The normalized spacial score (nSPS) is 24.2. The molecule has 0 spiro atoms. The van der Waals surface area contributed by atoms with E-state index in [1.54, 1.807) is 0 Å². The largest absolute Gasteiger partial charge is 0.393 e. The molecule has 0 radical (unpaired) electrons. The molecule has 19 heavy (non-hydrogen) atoms. The molecule has 1 rings (SSSR count). The standard InChI is InChI=1S/C13H23F3N2O/c1-2-3-4-5-8-17-12(19)11-7-6-10(9-18-11)13(14,15)16/h10-11,18H,2-9H2,1H3,(H,17,19). The van der Waals surface area contributed by atoms with Crippen LogP contribution in [0.25, 0.3) is 0 Å². The van der Waals surface area contributed by atoms with Gasteiger partial charge in [-0.25, -0.2) is 0 Å². The summed E-state index contributed by atoms with van der Waals surface area (Å²) in [5, 5.41) is 5.48. The fraction of sp³-hybridized carbons (Fsp3) is 0.923. The number of alkyl halides is 3. The van der Waals surface area contributed by atoms with E-state index in [-0.39, 0.29) is 25.3 Å². The van der Waals surface area contributed by atoms with Gasteiger partial charge in [0.25, 0.3) is 0 Å². The van der Waals surface area contributed by atoms with Crippen molar-refractivity contribution in [1.29, 1.82) is 0 Å². The quantitative estimate of drug-likeness (QED) is 0.734. The molecule has 0 aromatic rings. The molecular weight excluding hydrogens is 257 g/mol. The van der Waals surface area contributed by atoms with E-state index >= 15 is 0 Å². The Morgan fingerprint density at radius 1 is 1.26 bits per heavy atom. The maximum Gasteiger partial charge on any atom is 0.393 e. The maximum atomic E-state index is 12.4. The molecule has 112 valence electrons.